The van der Waals surface area contributed by atoms with Crippen LogP contribution in [0.3, 0.4) is 0 Å². The van der Waals surface area contributed by atoms with Crippen LogP contribution in [0.2, 0.25) is 0 Å². The largest absolute Gasteiger partial charge is 0.481 e. The van der Waals surface area contributed by atoms with Gasteiger partial charge in [0.1, 0.15) is 0 Å². The monoisotopic (exact) mass is 294 g/mol. The Labute approximate surface area is 129 Å². The van der Waals surface area contributed by atoms with Crippen molar-refractivity contribution in [2.24, 2.45) is 0 Å². The summed E-state index contributed by atoms with van der Waals surface area (Å²) in [6, 6.07) is 0. The Bertz CT molecular complexity index is 336. The minimum Gasteiger partial charge on any atom is -0.481 e. The molecule has 0 aliphatic rings. The van der Waals surface area contributed by atoms with Crippen LogP contribution < -0.4 is 0 Å². The maximum absolute atomic E-state index is 10.3. The molecule has 0 saturated heterocycles. The molecule has 0 saturated carbocycles. The number of carbonyl (C=O) groups is 1. The van der Waals surface area contributed by atoms with E-state index in [0.717, 1.165) is 51.4 Å². The second-order valence-corrected chi connectivity index (χ2v) is 5.40. The number of rotatable bonds is 12. The fraction of sp³-hybridized carbons (Fsp3) is 0.722. The molecule has 0 aromatic heterocycles. The number of aliphatic carboxylic acids is 1. The number of allylic oxidation sites excluding steroid dienone is 1. The molecular formula is C18H30O3. The molecule has 21 heavy (non-hydrogen) atoms. The maximum Gasteiger partial charge on any atom is 0.303 e. The average molecular weight is 294 g/mol. The first-order valence-electron chi connectivity index (χ1n) is 8.21. The SMILES string of the molecule is CCCCCC(O)C=CC#CCCCCCCCC(=O)O. The number of aliphatic hydroxyl groups excluding tert-OH is 1. The lowest BCUT2D eigenvalue weighted by Gasteiger charge is -2.02. The average Bonchev–Trinajstić information content (AvgIpc) is 2.44. The molecule has 1 unspecified atom stereocenters. The summed E-state index contributed by atoms with van der Waals surface area (Å²) in [6.45, 7) is 2.15. The molecular weight excluding hydrogens is 264 g/mol. The second-order valence-electron chi connectivity index (χ2n) is 5.40. The third-order valence-corrected chi connectivity index (χ3v) is 3.30. The summed E-state index contributed by atoms with van der Waals surface area (Å²) >= 11 is 0. The number of hydrogen-bond donors (Lipinski definition) is 2. The maximum atomic E-state index is 10.3. The molecule has 120 valence electrons. The van der Waals surface area contributed by atoms with E-state index in [1.165, 1.54) is 12.8 Å². The molecule has 0 amide bonds. The third kappa shape index (κ3) is 16.7. The highest BCUT2D eigenvalue weighted by molar-refractivity contribution is 5.66. The van der Waals surface area contributed by atoms with Crippen LogP contribution in [0.1, 0.15) is 77.6 Å². The second kappa shape index (κ2) is 15.1. The van der Waals surface area contributed by atoms with Gasteiger partial charge in [0.25, 0.3) is 0 Å². The van der Waals surface area contributed by atoms with Crippen molar-refractivity contribution in [3.05, 3.63) is 12.2 Å². The van der Waals surface area contributed by atoms with E-state index in [2.05, 4.69) is 18.8 Å². The van der Waals surface area contributed by atoms with Gasteiger partial charge in [-0.15, -0.1) is 0 Å². The van der Waals surface area contributed by atoms with Crippen LogP contribution in [0.25, 0.3) is 0 Å². The highest BCUT2D eigenvalue weighted by Crippen LogP contribution is 2.07. The summed E-state index contributed by atoms with van der Waals surface area (Å²) in [5, 5.41) is 18.1. The zero-order valence-electron chi connectivity index (χ0n) is 13.3. The Hall–Kier alpha value is -1.27. The molecule has 0 radical (unpaired) electrons. The first kappa shape index (κ1) is 19.7. The van der Waals surface area contributed by atoms with E-state index in [0.29, 0.717) is 0 Å². The fourth-order valence-electron chi connectivity index (χ4n) is 2.01. The molecule has 0 heterocycles. The molecule has 0 spiro atoms. The van der Waals surface area contributed by atoms with Gasteiger partial charge in [-0.3, -0.25) is 4.79 Å². The molecule has 0 aliphatic carbocycles. The number of carboxylic acid groups (broad SMARTS) is 1. The van der Waals surface area contributed by atoms with Gasteiger partial charge in [0.2, 0.25) is 0 Å². The summed E-state index contributed by atoms with van der Waals surface area (Å²) in [4.78, 5) is 10.3. The molecule has 1 atom stereocenters. The lowest BCUT2D eigenvalue weighted by atomic mass is 10.1. The van der Waals surface area contributed by atoms with Crippen molar-refractivity contribution < 1.29 is 15.0 Å². The Morgan fingerprint density at radius 1 is 1.10 bits per heavy atom. The van der Waals surface area contributed by atoms with E-state index in [1.807, 2.05) is 0 Å². The number of aliphatic hydroxyl groups is 1. The summed E-state index contributed by atoms with van der Waals surface area (Å²) in [5.41, 5.74) is 0. The topological polar surface area (TPSA) is 57.5 Å². The van der Waals surface area contributed by atoms with Crippen LogP contribution in [0.4, 0.5) is 0 Å². The van der Waals surface area contributed by atoms with E-state index >= 15 is 0 Å². The van der Waals surface area contributed by atoms with Gasteiger partial charge >= 0.3 is 5.97 Å². The summed E-state index contributed by atoms with van der Waals surface area (Å²) in [5.74, 6) is 5.33. The number of unbranched alkanes of at least 4 members (excludes halogenated alkanes) is 7. The molecule has 0 rings (SSSR count). The minimum absolute atomic E-state index is 0.283. The first-order chi connectivity index (χ1) is 10.2. The quantitative estimate of drug-likeness (QED) is 0.417. The van der Waals surface area contributed by atoms with E-state index in [-0.39, 0.29) is 12.5 Å². The van der Waals surface area contributed by atoms with E-state index in [9.17, 15) is 9.90 Å². The van der Waals surface area contributed by atoms with Crippen molar-refractivity contribution in [2.75, 3.05) is 0 Å². The summed E-state index contributed by atoms with van der Waals surface area (Å²) in [7, 11) is 0. The molecule has 3 nitrogen and oxygen atoms in total. The van der Waals surface area contributed by atoms with Crippen LogP contribution in [0.5, 0.6) is 0 Å². The Morgan fingerprint density at radius 2 is 1.81 bits per heavy atom. The zero-order valence-corrected chi connectivity index (χ0v) is 13.3. The predicted molar refractivity (Wildman–Crippen MR) is 87.0 cm³/mol. The van der Waals surface area contributed by atoms with Crippen molar-refractivity contribution in [3.63, 3.8) is 0 Å². The fourth-order valence-corrected chi connectivity index (χ4v) is 2.01. The first-order valence-corrected chi connectivity index (χ1v) is 8.21. The van der Waals surface area contributed by atoms with Gasteiger partial charge in [-0.2, -0.15) is 0 Å². The third-order valence-electron chi connectivity index (χ3n) is 3.30. The number of hydrogen-bond acceptors (Lipinski definition) is 2. The van der Waals surface area contributed by atoms with Crippen molar-refractivity contribution in [3.8, 4) is 11.8 Å². The highest BCUT2D eigenvalue weighted by Gasteiger charge is 1.97. The molecule has 0 aliphatic heterocycles. The van der Waals surface area contributed by atoms with Gasteiger partial charge < -0.3 is 10.2 Å². The van der Waals surface area contributed by atoms with Crippen LogP contribution in [0, 0.1) is 11.8 Å². The smallest absolute Gasteiger partial charge is 0.303 e. The van der Waals surface area contributed by atoms with Crippen molar-refractivity contribution in [1.82, 2.24) is 0 Å². The predicted octanol–water partition coefficient (Wildman–Crippen LogP) is 4.30. The van der Waals surface area contributed by atoms with Gasteiger partial charge in [0.15, 0.2) is 0 Å². The molecule has 2 N–H and O–H groups in total. The molecule has 0 bridgehead atoms. The molecule has 0 aromatic rings. The lowest BCUT2D eigenvalue weighted by Crippen LogP contribution is -2.00. The number of carboxylic acids is 1. The highest BCUT2D eigenvalue weighted by atomic mass is 16.4. The van der Waals surface area contributed by atoms with E-state index in [4.69, 9.17) is 5.11 Å². The van der Waals surface area contributed by atoms with Crippen LogP contribution in [0.15, 0.2) is 12.2 Å². The van der Waals surface area contributed by atoms with Crippen LogP contribution in [-0.2, 0) is 4.79 Å². The zero-order chi connectivity index (χ0) is 15.8. The van der Waals surface area contributed by atoms with Crippen LogP contribution in [-0.4, -0.2) is 22.3 Å². The van der Waals surface area contributed by atoms with E-state index < -0.39 is 5.97 Å². The van der Waals surface area contributed by atoms with Crippen molar-refractivity contribution >= 4 is 5.97 Å². The van der Waals surface area contributed by atoms with E-state index in [1.54, 1.807) is 12.2 Å². The van der Waals surface area contributed by atoms with Gasteiger partial charge in [-0.05, 0) is 31.4 Å². The van der Waals surface area contributed by atoms with Crippen molar-refractivity contribution in [1.29, 1.82) is 0 Å². The Kier molecular flexibility index (Phi) is 14.2. The van der Waals surface area contributed by atoms with Gasteiger partial charge in [0.05, 0.1) is 6.10 Å². The summed E-state index contributed by atoms with van der Waals surface area (Å²) < 4.78 is 0. The van der Waals surface area contributed by atoms with Gasteiger partial charge in [-0.25, -0.2) is 0 Å². The Morgan fingerprint density at radius 3 is 2.52 bits per heavy atom. The minimum atomic E-state index is -0.704. The van der Waals surface area contributed by atoms with Gasteiger partial charge in [0, 0.05) is 12.8 Å². The van der Waals surface area contributed by atoms with Gasteiger partial charge in [-0.1, -0.05) is 57.3 Å². The summed E-state index contributed by atoms with van der Waals surface area (Å²) in [6.07, 6.45) is 13.6. The standard InChI is InChI=1S/C18H30O3/c1-2-3-11-14-17(19)15-12-9-7-5-4-6-8-10-13-16-18(20)21/h12,15,17,19H,2-6,8,10-11,13-14,16H2,1H3,(H,20,21). The Balaban J connectivity index is 3.42. The van der Waals surface area contributed by atoms with Crippen LogP contribution >= 0.6 is 0 Å². The molecule has 0 fully saturated rings. The molecule has 0 aromatic carbocycles. The molecule has 3 heteroatoms. The normalized spacial score (nSPS) is 12.1. The lowest BCUT2D eigenvalue weighted by molar-refractivity contribution is -0.137. The van der Waals surface area contributed by atoms with Crippen molar-refractivity contribution in [2.45, 2.75) is 83.7 Å².